The minimum Gasteiger partial charge on any atom is -0.449 e. The van der Waals surface area contributed by atoms with Gasteiger partial charge < -0.3 is 14.6 Å². The molecule has 9 heteroatoms. The maximum absolute atomic E-state index is 15.1. The van der Waals surface area contributed by atoms with E-state index >= 15 is 8.78 Å². The summed E-state index contributed by atoms with van der Waals surface area (Å²) in [5.41, 5.74) is -4.00. The van der Waals surface area contributed by atoms with E-state index in [1.807, 2.05) is 0 Å². The Kier molecular flexibility index (Phi) is 5.40. The summed E-state index contributed by atoms with van der Waals surface area (Å²) in [6.07, 6.45) is -3.32. The van der Waals surface area contributed by atoms with E-state index in [4.69, 9.17) is 4.74 Å². The monoisotopic (exact) mass is 388 g/mol. The summed E-state index contributed by atoms with van der Waals surface area (Å²) in [6, 6.07) is 0. The van der Waals surface area contributed by atoms with Crippen LogP contribution < -0.4 is 0 Å². The molecule has 1 aliphatic carbocycles. The van der Waals surface area contributed by atoms with E-state index in [9.17, 15) is 23.1 Å². The molecular weight excluding hydrogens is 363 g/mol. The van der Waals surface area contributed by atoms with Crippen molar-refractivity contribution in [3.63, 3.8) is 0 Å². The molecule has 1 saturated carbocycles. The molecule has 1 aliphatic heterocycles. The molecule has 1 saturated heterocycles. The van der Waals surface area contributed by atoms with Crippen molar-refractivity contribution in [3.05, 3.63) is 0 Å². The van der Waals surface area contributed by atoms with Crippen LogP contribution >= 0.6 is 0 Å². The molecule has 2 fully saturated rings. The summed E-state index contributed by atoms with van der Waals surface area (Å²) >= 11 is 0. The van der Waals surface area contributed by atoms with Crippen molar-refractivity contribution in [1.82, 2.24) is 0 Å². The van der Waals surface area contributed by atoms with E-state index in [0.717, 1.165) is 6.42 Å². The molecule has 26 heavy (non-hydrogen) atoms. The molecule has 0 amide bonds. The minimum absolute atomic E-state index is 0.173. The molecule has 2 aliphatic rings. The van der Waals surface area contributed by atoms with Crippen molar-refractivity contribution < 1.29 is 41.3 Å². The van der Waals surface area contributed by atoms with E-state index in [0.29, 0.717) is 12.8 Å². The second kappa shape index (κ2) is 6.58. The summed E-state index contributed by atoms with van der Waals surface area (Å²) in [5, 5.41) is 9.71. The van der Waals surface area contributed by atoms with Gasteiger partial charge in [-0.05, 0) is 33.1 Å². The Morgan fingerprint density at radius 1 is 1.19 bits per heavy atom. The molecule has 0 radical (unpaired) electrons. The molecule has 0 aromatic carbocycles. The largest absolute Gasteiger partial charge is 0.449 e. The zero-order chi connectivity index (χ0) is 20.0. The van der Waals surface area contributed by atoms with E-state index < -0.39 is 47.4 Å². The van der Waals surface area contributed by atoms with Crippen molar-refractivity contribution in [3.8, 4) is 0 Å². The predicted octanol–water partition coefficient (Wildman–Crippen LogP) is 4.20. The fourth-order valence-electron chi connectivity index (χ4n) is 3.51. The summed E-state index contributed by atoms with van der Waals surface area (Å²) in [5.74, 6) is -11.6. The lowest BCUT2D eigenvalue weighted by Gasteiger charge is -2.44. The molecule has 0 spiro atoms. The molecule has 0 aromatic heterocycles. The van der Waals surface area contributed by atoms with Gasteiger partial charge in [-0.25, -0.2) is 0 Å². The smallest absolute Gasteiger partial charge is 0.449 e. The van der Waals surface area contributed by atoms with Crippen LogP contribution in [0.2, 0.25) is 0 Å². The molecule has 2 unspecified atom stereocenters. The van der Waals surface area contributed by atoms with Crippen molar-refractivity contribution in [2.24, 2.45) is 11.3 Å². The van der Waals surface area contributed by atoms with Crippen molar-refractivity contribution in [2.75, 3.05) is 6.61 Å². The Bertz CT molecular complexity index is 542. The predicted molar refractivity (Wildman–Crippen MR) is 81.4 cm³/mol. The number of carbonyl (C=O) groups is 1. The first-order valence-electron chi connectivity index (χ1n) is 8.79. The molecular formula is C17H25F5O4. The zero-order valence-electron chi connectivity index (χ0n) is 15.1. The standard InChI is InChI=1S/C17H25F5O4/c1-4-13(2,3)12(23)26-14(11-8-6-5-7-9-11)10-25-16(24,15(14,18)19)17(20,21)22/h11,24H,4-10H2,1-3H3. The second-order valence-corrected chi connectivity index (χ2v) is 7.86. The van der Waals surface area contributed by atoms with Gasteiger partial charge in [-0.3, -0.25) is 4.79 Å². The number of alkyl halides is 5. The Hall–Kier alpha value is -0.960. The molecule has 152 valence electrons. The summed E-state index contributed by atoms with van der Waals surface area (Å²) in [7, 11) is 0. The van der Waals surface area contributed by atoms with Gasteiger partial charge in [0, 0.05) is 5.92 Å². The van der Waals surface area contributed by atoms with Gasteiger partial charge in [-0.15, -0.1) is 0 Å². The molecule has 1 heterocycles. The van der Waals surface area contributed by atoms with Crippen LogP contribution in [0.5, 0.6) is 0 Å². The van der Waals surface area contributed by atoms with E-state index in [2.05, 4.69) is 4.74 Å². The third kappa shape index (κ3) is 3.00. The number of ether oxygens (including phenoxy) is 2. The van der Waals surface area contributed by atoms with Gasteiger partial charge in [0.25, 0.3) is 0 Å². The maximum atomic E-state index is 15.1. The van der Waals surface area contributed by atoms with Crippen molar-refractivity contribution in [2.45, 2.75) is 82.8 Å². The highest BCUT2D eigenvalue weighted by Gasteiger charge is 2.85. The van der Waals surface area contributed by atoms with Crippen LogP contribution in [0.4, 0.5) is 22.0 Å². The Morgan fingerprint density at radius 3 is 2.15 bits per heavy atom. The first-order chi connectivity index (χ1) is 11.8. The van der Waals surface area contributed by atoms with Crippen LogP contribution in [0.1, 0.15) is 59.3 Å². The number of carbonyl (C=O) groups excluding carboxylic acids is 1. The summed E-state index contributed by atoms with van der Waals surface area (Å²) in [4.78, 5) is 12.5. The average Bonchev–Trinajstić information content (AvgIpc) is 2.77. The van der Waals surface area contributed by atoms with Crippen LogP contribution in [0, 0.1) is 11.3 Å². The second-order valence-electron chi connectivity index (χ2n) is 7.86. The van der Waals surface area contributed by atoms with Gasteiger partial charge in [0.1, 0.15) is 0 Å². The van der Waals surface area contributed by atoms with E-state index in [-0.39, 0.29) is 19.3 Å². The molecule has 1 N–H and O–H groups in total. The Labute approximate surface area is 149 Å². The van der Waals surface area contributed by atoms with Gasteiger partial charge in [0.05, 0.1) is 12.0 Å². The highest BCUT2D eigenvalue weighted by Crippen LogP contribution is 2.59. The number of esters is 1. The Balaban J connectivity index is 2.50. The van der Waals surface area contributed by atoms with E-state index in [1.54, 1.807) is 6.92 Å². The van der Waals surface area contributed by atoms with Gasteiger partial charge in [0.15, 0.2) is 0 Å². The first kappa shape index (κ1) is 21.3. The molecule has 4 nitrogen and oxygen atoms in total. The lowest BCUT2D eigenvalue weighted by Crippen LogP contribution is -2.67. The van der Waals surface area contributed by atoms with Gasteiger partial charge in [-0.2, -0.15) is 22.0 Å². The lowest BCUT2D eigenvalue weighted by atomic mass is 9.72. The van der Waals surface area contributed by atoms with Gasteiger partial charge in [0.2, 0.25) is 5.60 Å². The van der Waals surface area contributed by atoms with Crippen LogP contribution in [0.3, 0.4) is 0 Å². The van der Waals surface area contributed by atoms with Gasteiger partial charge >= 0.3 is 23.9 Å². The summed E-state index contributed by atoms with van der Waals surface area (Å²) in [6.45, 7) is 3.37. The zero-order valence-corrected chi connectivity index (χ0v) is 15.1. The third-order valence-corrected chi connectivity index (χ3v) is 5.81. The highest BCUT2D eigenvalue weighted by atomic mass is 19.4. The van der Waals surface area contributed by atoms with Crippen LogP contribution in [0.25, 0.3) is 0 Å². The SMILES string of the molecule is CCC(C)(C)C(=O)OC1(C2CCCCC2)COC(O)(C(F)(F)F)C1(F)F. The number of hydrogen-bond donors (Lipinski definition) is 1. The van der Waals surface area contributed by atoms with E-state index in [1.165, 1.54) is 13.8 Å². The van der Waals surface area contributed by atoms with Crippen molar-refractivity contribution in [1.29, 1.82) is 0 Å². The number of hydrogen-bond acceptors (Lipinski definition) is 4. The first-order valence-corrected chi connectivity index (χ1v) is 8.79. The molecule has 2 atom stereocenters. The van der Waals surface area contributed by atoms with Crippen LogP contribution in [-0.2, 0) is 14.3 Å². The quantitative estimate of drug-likeness (QED) is 0.579. The summed E-state index contributed by atoms with van der Waals surface area (Å²) < 4.78 is 79.1. The third-order valence-electron chi connectivity index (χ3n) is 5.81. The molecule has 0 aromatic rings. The van der Waals surface area contributed by atoms with Crippen LogP contribution in [-0.4, -0.2) is 41.2 Å². The number of rotatable bonds is 4. The molecule has 2 rings (SSSR count). The molecule has 0 bridgehead atoms. The fraction of sp³-hybridized carbons (Fsp3) is 0.941. The topological polar surface area (TPSA) is 55.8 Å². The normalized spacial score (nSPS) is 33.3. The average molecular weight is 388 g/mol. The lowest BCUT2D eigenvalue weighted by molar-refractivity contribution is -0.411. The van der Waals surface area contributed by atoms with Gasteiger partial charge in [-0.1, -0.05) is 26.2 Å². The Morgan fingerprint density at radius 2 is 1.73 bits per heavy atom. The maximum Gasteiger partial charge on any atom is 0.449 e. The van der Waals surface area contributed by atoms with Crippen LogP contribution in [0.15, 0.2) is 0 Å². The van der Waals surface area contributed by atoms with Crippen molar-refractivity contribution >= 4 is 5.97 Å². The number of aliphatic hydroxyl groups is 1. The number of halogens is 5. The highest BCUT2D eigenvalue weighted by molar-refractivity contribution is 5.76. The minimum atomic E-state index is -5.74. The fourth-order valence-corrected chi connectivity index (χ4v) is 3.51.